The predicted octanol–water partition coefficient (Wildman–Crippen LogP) is 2.31. The molecule has 1 aliphatic carbocycles. The van der Waals surface area contributed by atoms with Gasteiger partial charge in [0.15, 0.2) is 0 Å². The summed E-state index contributed by atoms with van der Waals surface area (Å²) in [6, 6.07) is 1.11. The van der Waals surface area contributed by atoms with Gasteiger partial charge in [-0.05, 0) is 51.7 Å². The summed E-state index contributed by atoms with van der Waals surface area (Å²) >= 11 is 0. The molecule has 3 heteroatoms. The standard InChI is InChI=1S/C16H33N3/c1-3-15-12-18(2)10-7-11-19(15)13-16(17)14-8-5-4-6-9-14/h14-16H,3-13,17H2,1-2H3. The molecule has 2 rings (SSSR count). The molecular weight excluding hydrogens is 234 g/mol. The molecule has 2 N–H and O–H groups in total. The van der Waals surface area contributed by atoms with Crippen LogP contribution in [0.15, 0.2) is 0 Å². The molecule has 0 spiro atoms. The molecule has 3 nitrogen and oxygen atoms in total. The molecule has 2 fully saturated rings. The van der Waals surface area contributed by atoms with Crippen LogP contribution in [0.4, 0.5) is 0 Å². The Bertz CT molecular complexity index is 250. The van der Waals surface area contributed by atoms with Gasteiger partial charge < -0.3 is 10.6 Å². The van der Waals surface area contributed by atoms with Gasteiger partial charge in [-0.3, -0.25) is 4.90 Å². The second-order valence-electron chi connectivity index (χ2n) is 6.73. The Hall–Kier alpha value is -0.120. The molecule has 0 aromatic rings. The Morgan fingerprint density at radius 1 is 1.11 bits per heavy atom. The number of hydrogen-bond acceptors (Lipinski definition) is 3. The molecule has 1 aliphatic heterocycles. The first-order chi connectivity index (χ1) is 9.20. The van der Waals surface area contributed by atoms with Crippen molar-refractivity contribution >= 4 is 0 Å². The van der Waals surface area contributed by atoms with Crippen molar-refractivity contribution in [2.45, 2.75) is 64.0 Å². The van der Waals surface area contributed by atoms with E-state index in [9.17, 15) is 0 Å². The summed E-state index contributed by atoms with van der Waals surface area (Å²) < 4.78 is 0. The minimum absolute atomic E-state index is 0.401. The third-order valence-electron chi connectivity index (χ3n) is 5.20. The van der Waals surface area contributed by atoms with Crippen LogP contribution < -0.4 is 5.73 Å². The van der Waals surface area contributed by atoms with Crippen LogP contribution in [-0.4, -0.2) is 55.1 Å². The highest BCUT2D eigenvalue weighted by Crippen LogP contribution is 2.26. The van der Waals surface area contributed by atoms with Gasteiger partial charge in [0.25, 0.3) is 0 Å². The fourth-order valence-corrected chi connectivity index (χ4v) is 3.90. The van der Waals surface area contributed by atoms with Crippen molar-refractivity contribution in [3.8, 4) is 0 Å². The fourth-order valence-electron chi connectivity index (χ4n) is 3.90. The number of likely N-dealkylation sites (N-methyl/N-ethyl adjacent to an activating group) is 1. The molecular formula is C16H33N3. The van der Waals surface area contributed by atoms with Crippen LogP contribution in [0.5, 0.6) is 0 Å². The summed E-state index contributed by atoms with van der Waals surface area (Å²) in [5.41, 5.74) is 6.53. The SMILES string of the molecule is CCC1CN(C)CCCN1CC(N)C1CCCCC1. The van der Waals surface area contributed by atoms with Crippen LogP contribution >= 0.6 is 0 Å². The monoisotopic (exact) mass is 267 g/mol. The zero-order valence-electron chi connectivity index (χ0n) is 13.0. The van der Waals surface area contributed by atoms with Crippen molar-refractivity contribution in [1.29, 1.82) is 0 Å². The van der Waals surface area contributed by atoms with Gasteiger partial charge >= 0.3 is 0 Å². The van der Waals surface area contributed by atoms with Crippen LogP contribution in [0.25, 0.3) is 0 Å². The van der Waals surface area contributed by atoms with Gasteiger partial charge in [0.1, 0.15) is 0 Å². The quantitative estimate of drug-likeness (QED) is 0.848. The molecule has 0 aromatic carbocycles. The smallest absolute Gasteiger partial charge is 0.0221 e. The summed E-state index contributed by atoms with van der Waals surface area (Å²) in [6.07, 6.45) is 9.51. The lowest BCUT2D eigenvalue weighted by atomic mass is 9.84. The zero-order valence-corrected chi connectivity index (χ0v) is 13.0. The second-order valence-corrected chi connectivity index (χ2v) is 6.73. The van der Waals surface area contributed by atoms with Gasteiger partial charge in [-0.1, -0.05) is 26.2 Å². The third-order valence-corrected chi connectivity index (χ3v) is 5.20. The maximum atomic E-state index is 6.53. The topological polar surface area (TPSA) is 32.5 Å². The highest BCUT2D eigenvalue weighted by Gasteiger charge is 2.27. The van der Waals surface area contributed by atoms with E-state index in [2.05, 4.69) is 23.8 Å². The first kappa shape index (κ1) is 15.3. The van der Waals surface area contributed by atoms with E-state index in [0.29, 0.717) is 12.1 Å². The largest absolute Gasteiger partial charge is 0.326 e. The molecule has 1 saturated carbocycles. The first-order valence-electron chi connectivity index (χ1n) is 8.39. The van der Waals surface area contributed by atoms with E-state index >= 15 is 0 Å². The summed E-state index contributed by atoms with van der Waals surface area (Å²) in [6.45, 7) is 7.14. The van der Waals surface area contributed by atoms with Gasteiger partial charge in [0.05, 0.1) is 0 Å². The highest BCUT2D eigenvalue weighted by atomic mass is 15.2. The Labute approximate surface area is 119 Å². The first-order valence-corrected chi connectivity index (χ1v) is 8.39. The molecule has 2 unspecified atom stereocenters. The van der Waals surface area contributed by atoms with Gasteiger partial charge in [-0.2, -0.15) is 0 Å². The summed E-state index contributed by atoms with van der Waals surface area (Å²) in [5.74, 6) is 0.784. The van der Waals surface area contributed by atoms with Crippen molar-refractivity contribution in [2.24, 2.45) is 11.7 Å². The van der Waals surface area contributed by atoms with Crippen molar-refractivity contribution < 1.29 is 0 Å². The Morgan fingerprint density at radius 2 is 1.84 bits per heavy atom. The van der Waals surface area contributed by atoms with Crippen molar-refractivity contribution in [3.63, 3.8) is 0 Å². The molecule has 0 radical (unpaired) electrons. The summed E-state index contributed by atoms with van der Waals surface area (Å²) in [7, 11) is 2.26. The van der Waals surface area contributed by atoms with Gasteiger partial charge in [-0.25, -0.2) is 0 Å². The Kier molecular flexibility index (Phi) is 6.11. The van der Waals surface area contributed by atoms with E-state index in [1.807, 2.05) is 0 Å². The highest BCUT2D eigenvalue weighted by molar-refractivity contribution is 4.84. The zero-order chi connectivity index (χ0) is 13.7. The van der Waals surface area contributed by atoms with Gasteiger partial charge in [0, 0.05) is 25.2 Å². The lowest BCUT2D eigenvalue weighted by molar-refractivity contribution is 0.151. The Balaban J connectivity index is 1.87. The minimum atomic E-state index is 0.401. The third kappa shape index (κ3) is 4.44. The number of nitrogens with zero attached hydrogens (tertiary/aromatic N) is 2. The van der Waals surface area contributed by atoms with Crippen LogP contribution in [0, 0.1) is 5.92 Å². The van der Waals surface area contributed by atoms with Crippen LogP contribution in [-0.2, 0) is 0 Å². The van der Waals surface area contributed by atoms with E-state index < -0.39 is 0 Å². The number of rotatable bonds is 4. The van der Waals surface area contributed by atoms with E-state index in [0.717, 1.165) is 12.5 Å². The van der Waals surface area contributed by atoms with Crippen molar-refractivity contribution in [3.05, 3.63) is 0 Å². The van der Waals surface area contributed by atoms with Crippen molar-refractivity contribution in [1.82, 2.24) is 9.80 Å². The van der Waals surface area contributed by atoms with Crippen LogP contribution in [0.2, 0.25) is 0 Å². The van der Waals surface area contributed by atoms with Gasteiger partial charge in [-0.15, -0.1) is 0 Å². The van der Waals surface area contributed by atoms with E-state index in [-0.39, 0.29) is 0 Å². The fraction of sp³-hybridized carbons (Fsp3) is 1.00. The van der Waals surface area contributed by atoms with Crippen LogP contribution in [0.3, 0.4) is 0 Å². The predicted molar refractivity (Wildman–Crippen MR) is 82.3 cm³/mol. The van der Waals surface area contributed by atoms with Gasteiger partial charge in [0.2, 0.25) is 0 Å². The molecule has 0 bridgehead atoms. The average molecular weight is 267 g/mol. The van der Waals surface area contributed by atoms with Crippen LogP contribution in [0.1, 0.15) is 51.9 Å². The maximum absolute atomic E-state index is 6.53. The maximum Gasteiger partial charge on any atom is 0.0221 e. The van der Waals surface area contributed by atoms with E-state index in [1.54, 1.807) is 0 Å². The molecule has 0 amide bonds. The van der Waals surface area contributed by atoms with E-state index in [1.165, 1.54) is 64.6 Å². The minimum Gasteiger partial charge on any atom is -0.326 e. The molecule has 0 aromatic heterocycles. The second kappa shape index (κ2) is 7.61. The number of hydrogen-bond donors (Lipinski definition) is 1. The molecule has 2 atom stereocenters. The van der Waals surface area contributed by atoms with Crippen molar-refractivity contribution in [2.75, 3.05) is 33.2 Å². The van der Waals surface area contributed by atoms with E-state index in [4.69, 9.17) is 5.73 Å². The lowest BCUT2D eigenvalue weighted by Crippen LogP contribution is -2.48. The summed E-state index contributed by atoms with van der Waals surface area (Å²) in [4.78, 5) is 5.17. The molecule has 112 valence electrons. The molecule has 2 aliphatic rings. The Morgan fingerprint density at radius 3 is 2.53 bits per heavy atom. The number of nitrogens with two attached hydrogens (primary N) is 1. The summed E-state index contributed by atoms with van der Waals surface area (Å²) in [5, 5.41) is 0. The average Bonchev–Trinajstić information content (AvgIpc) is 2.61. The molecule has 1 heterocycles. The molecule has 19 heavy (non-hydrogen) atoms. The molecule has 1 saturated heterocycles. The normalized spacial score (nSPS) is 30.2. The lowest BCUT2D eigenvalue weighted by Gasteiger charge is -2.35.